The summed E-state index contributed by atoms with van der Waals surface area (Å²) in [5, 5.41) is 13.1. The molecule has 1 aromatic carbocycles. The summed E-state index contributed by atoms with van der Waals surface area (Å²) in [6.07, 6.45) is 2.26. The topological polar surface area (TPSA) is 56.7 Å². The van der Waals surface area contributed by atoms with Crippen LogP contribution in [0.5, 0.6) is 0 Å². The quantitative estimate of drug-likeness (QED) is 0.909. The first-order valence-corrected chi connectivity index (χ1v) is 9.57. The zero-order valence-electron chi connectivity index (χ0n) is 14.4. The molecule has 0 aliphatic carbocycles. The molecule has 1 aromatic heterocycles. The van der Waals surface area contributed by atoms with Crippen LogP contribution < -0.4 is 4.90 Å². The summed E-state index contributed by atoms with van der Waals surface area (Å²) in [5.74, 6) is 0.472. The van der Waals surface area contributed by atoms with Crippen molar-refractivity contribution in [1.82, 2.24) is 9.88 Å². The van der Waals surface area contributed by atoms with E-state index in [-0.39, 0.29) is 17.9 Å². The van der Waals surface area contributed by atoms with Gasteiger partial charge in [0.2, 0.25) is 5.91 Å². The third-order valence-electron chi connectivity index (χ3n) is 5.72. The van der Waals surface area contributed by atoms with E-state index >= 15 is 0 Å². The molecule has 25 heavy (non-hydrogen) atoms. The van der Waals surface area contributed by atoms with Crippen LogP contribution in [-0.2, 0) is 11.2 Å². The SMILES string of the molecule is Cc1ccccc1CC(=O)N1CC2CN(c3nccs3)CC2(CO)C1. The van der Waals surface area contributed by atoms with E-state index in [2.05, 4.69) is 9.88 Å². The minimum Gasteiger partial charge on any atom is -0.396 e. The molecule has 6 heteroatoms. The molecule has 0 saturated carbocycles. The number of aliphatic hydroxyl groups is 1. The number of carbonyl (C=O) groups is 1. The van der Waals surface area contributed by atoms with E-state index in [1.807, 2.05) is 47.7 Å². The molecule has 1 amide bonds. The lowest BCUT2D eigenvalue weighted by Gasteiger charge is -2.27. The van der Waals surface area contributed by atoms with Gasteiger partial charge >= 0.3 is 0 Å². The Bertz CT molecular complexity index is 764. The molecule has 1 N–H and O–H groups in total. The first kappa shape index (κ1) is 16.5. The average Bonchev–Trinajstić information content (AvgIpc) is 3.30. The van der Waals surface area contributed by atoms with E-state index in [0.717, 1.165) is 35.9 Å². The Morgan fingerprint density at radius 3 is 2.88 bits per heavy atom. The summed E-state index contributed by atoms with van der Waals surface area (Å²) in [4.78, 5) is 21.4. The molecule has 2 aliphatic rings. The number of aliphatic hydroxyl groups excluding tert-OH is 1. The molecule has 5 nitrogen and oxygen atoms in total. The first-order valence-electron chi connectivity index (χ1n) is 8.69. The summed E-state index contributed by atoms with van der Waals surface area (Å²) in [5.41, 5.74) is 2.03. The average molecular weight is 357 g/mol. The van der Waals surface area contributed by atoms with Gasteiger partial charge in [0.15, 0.2) is 5.13 Å². The zero-order chi connectivity index (χ0) is 17.4. The van der Waals surface area contributed by atoms with Gasteiger partial charge < -0.3 is 14.9 Å². The molecular formula is C19H23N3O2S. The number of nitrogens with zero attached hydrogens (tertiary/aromatic N) is 3. The van der Waals surface area contributed by atoms with Crippen molar-refractivity contribution in [2.75, 3.05) is 37.7 Å². The number of benzene rings is 1. The minimum absolute atomic E-state index is 0.119. The van der Waals surface area contributed by atoms with Crippen molar-refractivity contribution in [3.63, 3.8) is 0 Å². The fourth-order valence-corrected chi connectivity index (χ4v) is 4.85. The van der Waals surface area contributed by atoms with Gasteiger partial charge in [-0.2, -0.15) is 0 Å². The molecule has 2 unspecified atom stereocenters. The number of likely N-dealkylation sites (tertiary alicyclic amines) is 1. The lowest BCUT2D eigenvalue weighted by atomic mass is 9.82. The normalized spacial score (nSPS) is 25.4. The van der Waals surface area contributed by atoms with Crippen LogP contribution in [0.4, 0.5) is 5.13 Å². The van der Waals surface area contributed by atoms with Crippen LogP contribution in [0.2, 0.25) is 0 Å². The van der Waals surface area contributed by atoms with Crippen LogP contribution >= 0.6 is 11.3 Å². The summed E-state index contributed by atoms with van der Waals surface area (Å²) in [7, 11) is 0. The van der Waals surface area contributed by atoms with Crippen LogP contribution in [0.3, 0.4) is 0 Å². The second kappa shape index (κ2) is 6.42. The Hall–Kier alpha value is -1.92. The van der Waals surface area contributed by atoms with Gasteiger partial charge in [-0.3, -0.25) is 4.79 Å². The lowest BCUT2D eigenvalue weighted by molar-refractivity contribution is -0.130. The number of hydrogen-bond acceptors (Lipinski definition) is 5. The largest absolute Gasteiger partial charge is 0.396 e. The van der Waals surface area contributed by atoms with Crippen molar-refractivity contribution < 1.29 is 9.90 Å². The zero-order valence-corrected chi connectivity index (χ0v) is 15.2. The monoisotopic (exact) mass is 357 g/mol. The van der Waals surface area contributed by atoms with Crippen molar-refractivity contribution >= 4 is 22.4 Å². The predicted octanol–water partition coefficient (Wildman–Crippen LogP) is 1.95. The minimum atomic E-state index is -0.215. The number of amides is 1. The van der Waals surface area contributed by atoms with Crippen molar-refractivity contribution in [3.8, 4) is 0 Å². The highest BCUT2D eigenvalue weighted by Gasteiger charge is 2.53. The number of thiazole rings is 1. The van der Waals surface area contributed by atoms with E-state index in [9.17, 15) is 9.90 Å². The molecule has 0 bridgehead atoms. The van der Waals surface area contributed by atoms with Crippen molar-refractivity contribution in [2.45, 2.75) is 13.3 Å². The summed E-state index contributed by atoms with van der Waals surface area (Å²) in [6, 6.07) is 8.05. The molecule has 3 heterocycles. The Kier molecular flexibility index (Phi) is 4.25. The molecule has 2 aliphatic heterocycles. The molecule has 0 spiro atoms. The highest BCUT2D eigenvalue weighted by Crippen LogP contribution is 2.44. The maximum atomic E-state index is 12.8. The van der Waals surface area contributed by atoms with Gasteiger partial charge in [-0.15, -0.1) is 11.3 Å². The van der Waals surface area contributed by atoms with Crippen molar-refractivity contribution in [3.05, 3.63) is 47.0 Å². The molecule has 0 radical (unpaired) electrons. The van der Waals surface area contributed by atoms with E-state index in [0.29, 0.717) is 18.9 Å². The third-order valence-corrected chi connectivity index (χ3v) is 6.55. The van der Waals surface area contributed by atoms with Crippen LogP contribution in [0.25, 0.3) is 0 Å². The van der Waals surface area contributed by atoms with Crippen molar-refractivity contribution in [2.24, 2.45) is 11.3 Å². The van der Waals surface area contributed by atoms with E-state index in [1.54, 1.807) is 11.3 Å². The van der Waals surface area contributed by atoms with Gasteiger partial charge in [0, 0.05) is 49.1 Å². The summed E-state index contributed by atoms with van der Waals surface area (Å²) < 4.78 is 0. The van der Waals surface area contributed by atoms with Gasteiger partial charge in [-0.05, 0) is 18.1 Å². The maximum absolute atomic E-state index is 12.8. The maximum Gasteiger partial charge on any atom is 0.227 e. The second-order valence-corrected chi connectivity index (χ2v) is 8.16. The number of fused-ring (bicyclic) bond motifs is 1. The summed E-state index contributed by atoms with van der Waals surface area (Å²) >= 11 is 1.63. The fourth-order valence-electron chi connectivity index (χ4n) is 4.19. The smallest absolute Gasteiger partial charge is 0.227 e. The first-order chi connectivity index (χ1) is 12.1. The van der Waals surface area contributed by atoms with Crippen LogP contribution in [-0.4, -0.2) is 53.7 Å². The van der Waals surface area contributed by atoms with Crippen molar-refractivity contribution in [1.29, 1.82) is 0 Å². The number of carbonyl (C=O) groups excluding carboxylic acids is 1. The predicted molar refractivity (Wildman–Crippen MR) is 98.8 cm³/mol. The third kappa shape index (κ3) is 2.93. The Morgan fingerprint density at radius 2 is 2.20 bits per heavy atom. The van der Waals surface area contributed by atoms with E-state index < -0.39 is 0 Å². The number of rotatable bonds is 4. The molecule has 2 aromatic rings. The Morgan fingerprint density at radius 1 is 1.36 bits per heavy atom. The van der Waals surface area contributed by atoms with Gasteiger partial charge in [-0.25, -0.2) is 4.98 Å². The molecule has 2 atom stereocenters. The van der Waals surface area contributed by atoms with Gasteiger partial charge in [0.1, 0.15) is 0 Å². The van der Waals surface area contributed by atoms with Crippen LogP contribution in [0, 0.1) is 18.3 Å². The highest BCUT2D eigenvalue weighted by atomic mass is 32.1. The molecule has 4 rings (SSSR count). The summed E-state index contributed by atoms with van der Waals surface area (Å²) in [6.45, 7) is 5.17. The standard InChI is InChI=1S/C19H23N3O2S/c1-14-4-2-3-5-15(14)8-17(24)21-9-16-10-22(18-20-6-7-25-18)12-19(16,11-21)13-23/h2-7,16,23H,8-13H2,1H3. The van der Waals surface area contributed by atoms with Gasteiger partial charge in [-0.1, -0.05) is 24.3 Å². The number of aromatic nitrogens is 1. The molecule has 2 saturated heterocycles. The molecule has 2 fully saturated rings. The van der Waals surface area contributed by atoms with Gasteiger partial charge in [0.05, 0.1) is 13.0 Å². The Balaban J connectivity index is 1.46. The van der Waals surface area contributed by atoms with Gasteiger partial charge in [0.25, 0.3) is 0 Å². The number of aryl methyl sites for hydroxylation is 1. The highest BCUT2D eigenvalue weighted by molar-refractivity contribution is 7.13. The Labute approximate surface area is 151 Å². The number of hydrogen-bond donors (Lipinski definition) is 1. The van der Waals surface area contributed by atoms with E-state index in [1.165, 1.54) is 0 Å². The number of anilines is 1. The van der Waals surface area contributed by atoms with Crippen LogP contribution in [0.1, 0.15) is 11.1 Å². The lowest BCUT2D eigenvalue weighted by Crippen LogP contribution is -2.39. The second-order valence-electron chi connectivity index (χ2n) is 7.29. The van der Waals surface area contributed by atoms with Crippen LogP contribution in [0.15, 0.2) is 35.8 Å². The molecule has 132 valence electrons. The fraction of sp³-hybridized carbons (Fsp3) is 0.474. The molecular weight excluding hydrogens is 334 g/mol. The van der Waals surface area contributed by atoms with E-state index in [4.69, 9.17) is 0 Å².